The van der Waals surface area contributed by atoms with Crippen LogP contribution in [0, 0.1) is 11.3 Å². The first-order valence-electron chi connectivity index (χ1n) is 7.80. The van der Waals surface area contributed by atoms with E-state index >= 15 is 0 Å². The van der Waals surface area contributed by atoms with E-state index in [1.807, 2.05) is 36.4 Å². The number of piperidine rings is 1. The SMILES string of the molecule is N#Cc1ccc(N2CCC(c3nc4ccccc4o3)CC2)cn1. The molecule has 5 nitrogen and oxygen atoms in total. The van der Waals surface area contributed by atoms with E-state index in [0.717, 1.165) is 48.6 Å². The predicted octanol–water partition coefficient (Wildman–Crippen LogP) is 3.48. The quantitative estimate of drug-likeness (QED) is 0.725. The van der Waals surface area contributed by atoms with Crippen molar-refractivity contribution in [1.29, 1.82) is 5.26 Å². The summed E-state index contributed by atoms with van der Waals surface area (Å²) in [6, 6.07) is 13.7. The molecular weight excluding hydrogens is 288 g/mol. The van der Waals surface area contributed by atoms with Gasteiger partial charge in [-0.2, -0.15) is 5.26 Å². The van der Waals surface area contributed by atoms with Gasteiger partial charge in [-0.05, 0) is 37.1 Å². The number of benzene rings is 1. The molecule has 114 valence electrons. The zero-order chi connectivity index (χ0) is 15.6. The Balaban J connectivity index is 1.46. The molecule has 4 rings (SSSR count). The largest absolute Gasteiger partial charge is 0.440 e. The van der Waals surface area contributed by atoms with Gasteiger partial charge in [0.15, 0.2) is 11.5 Å². The lowest BCUT2D eigenvalue weighted by atomic mass is 9.96. The van der Waals surface area contributed by atoms with Crippen LogP contribution in [0.4, 0.5) is 5.69 Å². The summed E-state index contributed by atoms with van der Waals surface area (Å²) in [4.78, 5) is 11.1. The van der Waals surface area contributed by atoms with E-state index in [4.69, 9.17) is 9.68 Å². The van der Waals surface area contributed by atoms with Crippen LogP contribution in [-0.2, 0) is 0 Å². The van der Waals surface area contributed by atoms with Crippen LogP contribution in [0.5, 0.6) is 0 Å². The third-order valence-corrected chi connectivity index (χ3v) is 4.38. The van der Waals surface area contributed by atoms with E-state index in [1.165, 1.54) is 0 Å². The molecule has 1 fully saturated rings. The highest BCUT2D eigenvalue weighted by Gasteiger charge is 2.24. The fourth-order valence-electron chi connectivity index (χ4n) is 3.09. The summed E-state index contributed by atoms with van der Waals surface area (Å²) < 4.78 is 5.90. The van der Waals surface area contributed by atoms with Crippen molar-refractivity contribution in [2.75, 3.05) is 18.0 Å². The Hall–Kier alpha value is -2.87. The van der Waals surface area contributed by atoms with Crippen molar-refractivity contribution in [3.05, 3.63) is 54.2 Å². The number of pyridine rings is 1. The molecule has 1 aliphatic heterocycles. The predicted molar refractivity (Wildman–Crippen MR) is 87.1 cm³/mol. The monoisotopic (exact) mass is 304 g/mol. The van der Waals surface area contributed by atoms with Crippen molar-refractivity contribution >= 4 is 16.8 Å². The number of rotatable bonds is 2. The number of anilines is 1. The first kappa shape index (κ1) is 13.8. The summed E-state index contributed by atoms with van der Waals surface area (Å²) in [5.41, 5.74) is 3.32. The van der Waals surface area contributed by atoms with E-state index in [-0.39, 0.29) is 0 Å². The van der Waals surface area contributed by atoms with Crippen LogP contribution < -0.4 is 4.90 Å². The fraction of sp³-hybridized carbons (Fsp3) is 0.278. The molecule has 1 aromatic carbocycles. The number of nitrogens with zero attached hydrogens (tertiary/aromatic N) is 4. The fourth-order valence-corrected chi connectivity index (χ4v) is 3.09. The van der Waals surface area contributed by atoms with Gasteiger partial charge < -0.3 is 9.32 Å². The van der Waals surface area contributed by atoms with Gasteiger partial charge in [-0.15, -0.1) is 0 Å². The molecule has 0 radical (unpaired) electrons. The van der Waals surface area contributed by atoms with E-state index < -0.39 is 0 Å². The van der Waals surface area contributed by atoms with Gasteiger partial charge in [-0.25, -0.2) is 9.97 Å². The van der Waals surface area contributed by atoms with Crippen LogP contribution in [0.25, 0.3) is 11.1 Å². The molecule has 1 saturated heterocycles. The molecule has 0 N–H and O–H groups in total. The highest BCUT2D eigenvalue weighted by molar-refractivity contribution is 5.72. The van der Waals surface area contributed by atoms with Crippen LogP contribution in [-0.4, -0.2) is 23.1 Å². The number of para-hydroxylation sites is 2. The summed E-state index contributed by atoms with van der Waals surface area (Å²) in [5.74, 6) is 1.22. The second kappa shape index (κ2) is 5.73. The van der Waals surface area contributed by atoms with Crippen molar-refractivity contribution < 1.29 is 4.42 Å². The maximum absolute atomic E-state index is 8.82. The van der Waals surface area contributed by atoms with Gasteiger partial charge in [0.1, 0.15) is 17.3 Å². The zero-order valence-corrected chi connectivity index (χ0v) is 12.6. The molecule has 0 aliphatic carbocycles. The molecule has 3 heterocycles. The van der Waals surface area contributed by atoms with E-state index in [0.29, 0.717) is 11.6 Å². The average Bonchev–Trinajstić information content (AvgIpc) is 3.06. The summed E-state index contributed by atoms with van der Waals surface area (Å²) in [5, 5.41) is 8.82. The Morgan fingerprint density at radius 3 is 2.65 bits per heavy atom. The van der Waals surface area contributed by atoms with Crippen molar-refractivity contribution in [2.24, 2.45) is 0 Å². The van der Waals surface area contributed by atoms with Crippen LogP contribution >= 0.6 is 0 Å². The minimum atomic E-state index is 0.366. The molecule has 3 aromatic rings. The van der Waals surface area contributed by atoms with E-state index in [1.54, 1.807) is 12.3 Å². The lowest BCUT2D eigenvalue weighted by Crippen LogP contribution is -2.33. The standard InChI is InChI=1S/C18H16N4O/c19-11-14-5-6-15(12-20-14)22-9-7-13(8-10-22)18-21-16-3-1-2-4-17(16)23-18/h1-6,12-13H,7-10H2. The maximum atomic E-state index is 8.82. The molecule has 0 saturated carbocycles. The molecule has 0 amide bonds. The number of hydrogen-bond donors (Lipinski definition) is 0. The number of oxazole rings is 1. The zero-order valence-electron chi connectivity index (χ0n) is 12.6. The van der Waals surface area contributed by atoms with E-state index in [9.17, 15) is 0 Å². The molecule has 0 spiro atoms. The molecule has 23 heavy (non-hydrogen) atoms. The van der Waals surface area contributed by atoms with Gasteiger partial charge >= 0.3 is 0 Å². The lowest BCUT2D eigenvalue weighted by Gasteiger charge is -2.32. The second-order valence-corrected chi connectivity index (χ2v) is 5.79. The highest BCUT2D eigenvalue weighted by atomic mass is 16.3. The van der Waals surface area contributed by atoms with Gasteiger partial charge in [-0.3, -0.25) is 0 Å². The normalized spacial score (nSPS) is 15.7. The Morgan fingerprint density at radius 2 is 1.96 bits per heavy atom. The van der Waals surface area contributed by atoms with Crippen LogP contribution in [0.3, 0.4) is 0 Å². The van der Waals surface area contributed by atoms with Crippen LogP contribution in [0.1, 0.15) is 30.3 Å². The molecule has 0 unspecified atom stereocenters. The first-order valence-corrected chi connectivity index (χ1v) is 7.80. The minimum absolute atomic E-state index is 0.366. The van der Waals surface area contributed by atoms with Gasteiger partial charge in [0.25, 0.3) is 0 Å². The van der Waals surface area contributed by atoms with Crippen molar-refractivity contribution in [1.82, 2.24) is 9.97 Å². The number of nitriles is 1. The lowest BCUT2D eigenvalue weighted by molar-refractivity contribution is 0.407. The van der Waals surface area contributed by atoms with Crippen molar-refractivity contribution in [2.45, 2.75) is 18.8 Å². The summed E-state index contributed by atoms with van der Waals surface area (Å²) in [6.45, 7) is 1.88. The van der Waals surface area contributed by atoms with Gasteiger partial charge in [0.05, 0.1) is 11.9 Å². The Kier molecular flexibility index (Phi) is 3.43. The molecule has 0 atom stereocenters. The molecular formula is C18H16N4O. The van der Waals surface area contributed by atoms with Crippen molar-refractivity contribution in [3.8, 4) is 6.07 Å². The summed E-state index contributed by atoms with van der Waals surface area (Å²) >= 11 is 0. The van der Waals surface area contributed by atoms with Crippen LogP contribution in [0.2, 0.25) is 0 Å². The topological polar surface area (TPSA) is 66.0 Å². The highest BCUT2D eigenvalue weighted by Crippen LogP contribution is 2.31. The first-order chi connectivity index (χ1) is 11.3. The molecule has 5 heteroatoms. The summed E-state index contributed by atoms with van der Waals surface area (Å²) in [7, 11) is 0. The minimum Gasteiger partial charge on any atom is -0.440 e. The number of hydrogen-bond acceptors (Lipinski definition) is 5. The molecule has 1 aliphatic rings. The maximum Gasteiger partial charge on any atom is 0.198 e. The Morgan fingerprint density at radius 1 is 1.13 bits per heavy atom. The Bertz CT molecular complexity index is 822. The molecule has 0 bridgehead atoms. The van der Waals surface area contributed by atoms with Gasteiger partial charge in [0, 0.05) is 19.0 Å². The third-order valence-electron chi connectivity index (χ3n) is 4.38. The second-order valence-electron chi connectivity index (χ2n) is 5.79. The van der Waals surface area contributed by atoms with Crippen LogP contribution in [0.15, 0.2) is 47.0 Å². The van der Waals surface area contributed by atoms with Gasteiger partial charge in [-0.1, -0.05) is 12.1 Å². The number of fused-ring (bicyclic) bond motifs is 1. The summed E-state index contributed by atoms with van der Waals surface area (Å²) in [6.07, 6.45) is 3.79. The van der Waals surface area contributed by atoms with Gasteiger partial charge in [0.2, 0.25) is 0 Å². The number of aromatic nitrogens is 2. The Labute approximate surface area is 134 Å². The smallest absolute Gasteiger partial charge is 0.198 e. The average molecular weight is 304 g/mol. The van der Waals surface area contributed by atoms with E-state index in [2.05, 4.69) is 14.9 Å². The third kappa shape index (κ3) is 2.64. The molecule has 2 aromatic heterocycles. The van der Waals surface area contributed by atoms with Crippen molar-refractivity contribution in [3.63, 3.8) is 0 Å².